The molecule has 10 heteroatoms. The third kappa shape index (κ3) is 4.90. The van der Waals surface area contributed by atoms with E-state index in [9.17, 15) is 18.0 Å². The molecule has 0 bridgehead atoms. The highest BCUT2D eigenvalue weighted by molar-refractivity contribution is 5.90. The zero-order valence-corrected chi connectivity index (χ0v) is 19.5. The third-order valence-electron chi connectivity index (χ3n) is 6.10. The summed E-state index contributed by atoms with van der Waals surface area (Å²) in [6.45, 7) is 7.96. The topological polar surface area (TPSA) is 83.0 Å². The number of carbonyl (C=O) groups excluding carboxylic acids is 1. The van der Waals surface area contributed by atoms with Crippen LogP contribution in [0.2, 0.25) is 0 Å². The number of aromatic nitrogens is 3. The first-order valence-corrected chi connectivity index (χ1v) is 11.1. The summed E-state index contributed by atoms with van der Waals surface area (Å²) in [5, 5.41) is 6.96. The Bertz CT molecular complexity index is 1230. The number of rotatable bonds is 5. The number of anilines is 2. The lowest BCUT2D eigenvalue weighted by Crippen LogP contribution is -2.35. The van der Waals surface area contributed by atoms with Gasteiger partial charge < -0.3 is 15.5 Å². The van der Waals surface area contributed by atoms with Crippen molar-refractivity contribution in [2.75, 3.05) is 23.3 Å². The molecule has 2 atom stereocenters. The number of aryl methyl sites for hydroxylation is 1. The van der Waals surface area contributed by atoms with E-state index in [-0.39, 0.29) is 17.5 Å². The van der Waals surface area contributed by atoms with Crippen LogP contribution >= 0.6 is 0 Å². The van der Waals surface area contributed by atoms with E-state index < -0.39 is 17.8 Å². The fourth-order valence-corrected chi connectivity index (χ4v) is 4.51. The minimum Gasteiger partial charge on any atom is -0.363 e. The summed E-state index contributed by atoms with van der Waals surface area (Å²) in [5.74, 6) is 1.74. The molecule has 3 aromatic rings. The second kappa shape index (κ2) is 9.08. The van der Waals surface area contributed by atoms with Crippen LogP contribution in [0.15, 0.2) is 30.5 Å². The number of pyridine rings is 1. The summed E-state index contributed by atoms with van der Waals surface area (Å²) >= 11 is 0. The first-order valence-electron chi connectivity index (χ1n) is 11.1. The molecule has 180 valence electrons. The lowest BCUT2D eigenvalue weighted by atomic mass is 9.97. The number of carbonyl (C=O) groups is 1. The summed E-state index contributed by atoms with van der Waals surface area (Å²) in [5.41, 5.74) is 0.737. The predicted octanol–water partition coefficient (Wildman–Crippen LogP) is 4.55. The Hall–Kier alpha value is -3.43. The number of halogens is 3. The number of benzene rings is 1. The van der Waals surface area contributed by atoms with Crippen molar-refractivity contribution in [1.29, 1.82) is 0 Å². The van der Waals surface area contributed by atoms with Crippen LogP contribution in [0.3, 0.4) is 0 Å². The lowest BCUT2D eigenvalue weighted by Gasteiger charge is -2.22. The largest absolute Gasteiger partial charge is 0.416 e. The van der Waals surface area contributed by atoms with E-state index in [1.807, 2.05) is 13.0 Å². The first-order chi connectivity index (χ1) is 16.0. The second-order valence-corrected chi connectivity index (χ2v) is 8.69. The summed E-state index contributed by atoms with van der Waals surface area (Å²) in [7, 11) is 0. The standard InChI is InChI=1S/C24H27F3N6O/c1-13-18(6-5-7-20(13)24(25,26)27)14(2)29-23-19-10-22(28-11-21(19)30-15(3)31-23)33-9-8-17(12-33)32-16(4)34/h5-7,10-11,14,17H,8-9,12H2,1-4H3,(H,32,34)(H,29,30,31)/t14?,17-/m0/s1. The Morgan fingerprint density at radius 2 is 2.00 bits per heavy atom. The fraction of sp³-hybridized carbons (Fsp3) is 0.417. The van der Waals surface area contributed by atoms with Crippen LogP contribution in [0.25, 0.3) is 10.9 Å². The molecule has 0 aliphatic carbocycles. The molecule has 34 heavy (non-hydrogen) atoms. The van der Waals surface area contributed by atoms with Crippen molar-refractivity contribution >= 4 is 28.4 Å². The molecule has 2 N–H and O–H groups in total. The summed E-state index contributed by atoms with van der Waals surface area (Å²) in [6, 6.07) is 5.74. The Morgan fingerprint density at radius 1 is 1.24 bits per heavy atom. The molecule has 1 aliphatic heterocycles. The SMILES string of the molecule is CC(=O)N[C@H]1CCN(c2cc3c(NC(C)c4cccc(C(F)(F)F)c4C)nc(C)nc3cn2)C1. The van der Waals surface area contributed by atoms with Gasteiger partial charge in [0.2, 0.25) is 5.91 Å². The number of nitrogens with one attached hydrogen (secondary N) is 2. The van der Waals surface area contributed by atoms with Gasteiger partial charge in [-0.1, -0.05) is 12.1 Å². The Labute approximate surface area is 195 Å². The Kier molecular flexibility index (Phi) is 6.33. The molecule has 0 spiro atoms. The molecule has 3 heterocycles. The number of amides is 1. The van der Waals surface area contributed by atoms with E-state index in [1.54, 1.807) is 19.2 Å². The van der Waals surface area contributed by atoms with Crippen molar-refractivity contribution in [2.24, 2.45) is 0 Å². The van der Waals surface area contributed by atoms with E-state index >= 15 is 0 Å². The molecule has 7 nitrogen and oxygen atoms in total. The van der Waals surface area contributed by atoms with E-state index in [0.717, 1.165) is 30.2 Å². The molecular weight excluding hydrogens is 445 g/mol. The van der Waals surface area contributed by atoms with Crippen LogP contribution in [0.5, 0.6) is 0 Å². The van der Waals surface area contributed by atoms with Gasteiger partial charge in [-0.25, -0.2) is 15.0 Å². The van der Waals surface area contributed by atoms with Crippen molar-refractivity contribution in [3.05, 3.63) is 53.0 Å². The van der Waals surface area contributed by atoms with Crippen molar-refractivity contribution in [3.63, 3.8) is 0 Å². The molecule has 1 aromatic carbocycles. The van der Waals surface area contributed by atoms with E-state index in [4.69, 9.17) is 0 Å². The Morgan fingerprint density at radius 3 is 2.71 bits per heavy atom. The fourth-order valence-electron chi connectivity index (χ4n) is 4.51. The average Bonchev–Trinajstić information content (AvgIpc) is 3.20. The Balaban J connectivity index is 1.65. The maximum absolute atomic E-state index is 13.4. The minimum atomic E-state index is -4.41. The van der Waals surface area contributed by atoms with Gasteiger partial charge in [0.25, 0.3) is 0 Å². The first kappa shape index (κ1) is 23.7. The van der Waals surface area contributed by atoms with E-state index in [1.165, 1.54) is 19.9 Å². The summed E-state index contributed by atoms with van der Waals surface area (Å²) in [6.07, 6.45) is -1.92. The molecule has 4 rings (SSSR count). The van der Waals surface area contributed by atoms with Gasteiger partial charge in [0, 0.05) is 31.4 Å². The number of alkyl halides is 3. The van der Waals surface area contributed by atoms with Gasteiger partial charge in [0.1, 0.15) is 17.5 Å². The molecule has 0 saturated carbocycles. The maximum atomic E-state index is 13.4. The van der Waals surface area contributed by atoms with Crippen LogP contribution in [0, 0.1) is 13.8 Å². The lowest BCUT2D eigenvalue weighted by molar-refractivity contribution is -0.138. The van der Waals surface area contributed by atoms with Crippen molar-refractivity contribution in [1.82, 2.24) is 20.3 Å². The maximum Gasteiger partial charge on any atom is 0.416 e. The molecular formula is C24H27F3N6O. The van der Waals surface area contributed by atoms with Gasteiger partial charge >= 0.3 is 6.18 Å². The molecule has 1 unspecified atom stereocenters. The number of fused-ring (bicyclic) bond motifs is 1. The molecule has 1 aliphatic rings. The monoisotopic (exact) mass is 472 g/mol. The quantitative estimate of drug-likeness (QED) is 0.567. The number of hydrogen-bond acceptors (Lipinski definition) is 6. The normalized spacial score (nSPS) is 17.1. The number of hydrogen-bond donors (Lipinski definition) is 2. The van der Waals surface area contributed by atoms with E-state index in [0.29, 0.717) is 29.3 Å². The van der Waals surface area contributed by atoms with E-state index in [2.05, 4.69) is 30.5 Å². The van der Waals surface area contributed by atoms with Crippen LogP contribution in [0.1, 0.15) is 48.8 Å². The zero-order chi connectivity index (χ0) is 24.6. The summed E-state index contributed by atoms with van der Waals surface area (Å²) in [4.78, 5) is 27.0. The van der Waals surface area contributed by atoms with Crippen molar-refractivity contribution < 1.29 is 18.0 Å². The van der Waals surface area contributed by atoms with Crippen molar-refractivity contribution in [3.8, 4) is 0 Å². The molecule has 1 amide bonds. The highest BCUT2D eigenvalue weighted by Crippen LogP contribution is 2.36. The third-order valence-corrected chi connectivity index (χ3v) is 6.10. The van der Waals surface area contributed by atoms with Crippen LogP contribution < -0.4 is 15.5 Å². The zero-order valence-electron chi connectivity index (χ0n) is 19.5. The predicted molar refractivity (Wildman–Crippen MR) is 125 cm³/mol. The van der Waals surface area contributed by atoms with Gasteiger partial charge in [0.05, 0.1) is 23.3 Å². The average molecular weight is 473 g/mol. The van der Waals surface area contributed by atoms with Crippen LogP contribution in [0.4, 0.5) is 24.8 Å². The second-order valence-electron chi connectivity index (χ2n) is 8.69. The highest BCUT2D eigenvalue weighted by atomic mass is 19.4. The molecule has 1 fully saturated rings. The minimum absolute atomic E-state index is 0.0609. The number of nitrogens with zero attached hydrogens (tertiary/aromatic N) is 4. The van der Waals surface area contributed by atoms with Gasteiger partial charge in [-0.15, -0.1) is 0 Å². The van der Waals surface area contributed by atoms with Gasteiger partial charge in [-0.2, -0.15) is 13.2 Å². The highest BCUT2D eigenvalue weighted by Gasteiger charge is 2.33. The van der Waals surface area contributed by atoms with Crippen LogP contribution in [-0.2, 0) is 11.0 Å². The van der Waals surface area contributed by atoms with Gasteiger partial charge in [0.15, 0.2) is 0 Å². The van der Waals surface area contributed by atoms with Crippen LogP contribution in [-0.4, -0.2) is 40.0 Å². The van der Waals surface area contributed by atoms with Crippen molar-refractivity contribution in [2.45, 2.75) is 52.4 Å². The van der Waals surface area contributed by atoms with Gasteiger partial charge in [-0.3, -0.25) is 4.79 Å². The molecule has 0 radical (unpaired) electrons. The smallest absolute Gasteiger partial charge is 0.363 e. The molecule has 2 aromatic heterocycles. The molecule has 1 saturated heterocycles. The summed E-state index contributed by atoms with van der Waals surface area (Å²) < 4.78 is 40.2. The van der Waals surface area contributed by atoms with Gasteiger partial charge in [-0.05, 0) is 50.5 Å².